The van der Waals surface area contributed by atoms with E-state index < -0.39 is 12.1 Å². The van der Waals surface area contributed by atoms with Gasteiger partial charge in [0, 0.05) is 24.2 Å². The number of hydrogen-bond acceptors (Lipinski definition) is 5. The number of allylic oxidation sites excluding steroid dienone is 4. The molecule has 0 aromatic heterocycles. The van der Waals surface area contributed by atoms with E-state index in [1.165, 1.54) is 0 Å². The van der Waals surface area contributed by atoms with Crippen LogP contribution in [0, 0.1) is 0 Å². The molecule has 0 bridgehead atoms. The van der Waals surface area contributed by atoms with Crippen LogP contribution < -0.4 is 14.8 Å². The molecule has 4 rings (SSSR count). The van der Waals surface area contributed by atoms with Crippen molar-refractivity contribution in [3.8, 4) is 11.5 Å². The second-order valence-corrected chi connectivity index (χ2v) is 10.8. The van der Waals surface area contributed by atoms with Crippen molar-refractivity contribution < 1.29 is 19.1 Å². The van der Waals surface area contributed by atoms with Gasteiger partial charge >= 0.3 is 6.03 Å². The summed E-state index contributed by atoms with van der Waals surface area (Å²) in [6.45, 7) is 12.4. The minimum absolute atomic E-state index is 0.0307. The van der Waals surface area contributed by atoms with E-state index in [0.29, 0.717) is 41.0 Å². The maximum atomic E-state index is 14.4. The maximum Gasteiger partial charge on any atom is 0.326 e. The number of methoxy groups -OCH3 is 1. The number of carbonyl (C=O) groups is 2. The highest BCUT2D eigenvalue weighted by Crippen LogP contribution is 2.41. The van der Waals surface area contributed by atoms with Crippen molar-refractivity contribution >= 4 is 29.4 Å². The van der Waals surface area contributed by atoms with Crippen LogP contribution in [-0.2, 0) is 4.79 Å². The minimum Gasteiger partial charge on any atom is -0.497 e. The number of nitrogens with one attached hydrogen (secondary N) is 1. The normalized spacial score (nSPS) is 19.7. The van der Waals surface area contributed by atoms with E-state index in [1.807, 2.05) is 76.2 Å². The third-order valence-electron chi connectivity index (χ3n) is 6.89. The fourth-order valence-corrected chi connectivity index (χ4v) is 5.24. The van der Waals surface area contributed by atoms with E-state index in [4.69, 9.17) is 26.1 Å². The lowest BCUT2D eigenvalue weighted by atomic mass is 9.93. The molecule has 2 atom stereocenters. The fraction of sp³-hybridized carbons (Fsp3) is 0.344. The SMILES string of the molecule is C=C/C=C(C)\C=C(/C)[C@@H]1[C@H](c2ccc(Cl)cc2)N=C(c2ccc(OC)cc2OC(C)C)N1C(=O)N1CCNC(=O)C1. The largest absolute Gasteiger partial charge is 0.497 e. The van der Waals surface area contributed by atoms with Crippen molar-refractivity contribution in [3.63, 3.8) is 0 Å². The number of amidine groups is 1. The average molecular weight is 577 g/mol. The molecule has 2 heterocycles. The molecule has 1 fully saturated rings. The van der Waals surface area contributed by atoms with Gasteiger partial charge < -0.3 is 19.7 Å². The predicted molar refractivity (Wildman–Crippen MR) is 163 cm³/mol. The third kappa shape index (κ3) is 6.82. The topological polar surface area (TPSA) is 83.5 Å². The summed E-state index contributed by atoms with van der Waals surface area (Å²) in [5.41, 5.74) is 3.47. The first kappa shape index (κ1) is 29.9. The number of rotatable bonds is 8. The van der Waals surface area contributed by atoms with Gasteiger partial charge in [-0.25, -0.2) is 4.79 Å². The van der Waals surface area contributed by atoms with Crippen LogP contribution in [0.25, 0.3) is 0 Å². The van der Waals surface area contributed by atoms with Gasteiger partial charge in [-0.2, -0.15) is 0 Å². The molecule has 41 heavy (non-hydrogen) atoms. The van der Waals surface area contributed by atoms with Gasteiger partial charge in [0.05, 0.1) is 24.8 Å². The zero-order chi connectivity index (χ0) is 29.7. The maximum absolute atomic E-state index is 14.4. The molecular formula is C32H37ClN4O4. The molecule has 0 unspecified atom stereocenters. The summed E-state index contributed by atoms with van der Waals surface area (Å²) in [7, 11) is 1.60. The molecule has 0 radical (unpaired) electrons. The van der Waals surface area contributed by atoms with Crippen molar-refractivity contribution in [1.29, 1.82) is 0 Å². The molecule has 0 saturated carbocycles. The number of aliphatic imine (C=N–C) groups is 1. The van der Waals surface area contributed by atoms with E-state index in [9.17, 15) is 9.59 Å². The molecule has 9 heteroatoms. The molecule has 2 aliphatic heterocycles. The van der Waals surface area contributed by atoms with Crippen LogP contribution in [0.4, 0.5) is 4.79 Å². The van der Waals surface area contributed by atoms with Gasteiger partial charge in [-0.3, -0.25) is 14.7 Å². The van der Waals surface area contributed by atoms with Gasteiger partial charge in [-0.1, -0.05) is 54.1 Å². The number of amides is 3. The quantitative estimate of drug-likeness (QED) is 0.394. The Balaban J connectivity index is 1.94. The van der Waals surface area contributed by atoms with Gasteiger partial charge in [0.25, 0.3) is 0 Å². The summed E-state index contributed by atoms with van der Waals surface area (Å²) in [5, 5.41) is 3.41. The molecule has 2 aliphatic rings. The zero-order valence-electron chi connectivity index (χ0n) is 24.2. The van der Waals surface area contributed by atoms with E-state index in [1.54, 1.807) is 29.1 Å². The second-order valence-electron chi connectivity index (χ2n) is 10.4. The lowest BCUT2D eigenvalue weighted by molar-refractivity contribution is -0.123. The van der Waals surface area contributed by atoms with Crippen LogP contribution in [0.1, 0.15) is 44.9 Å². The number of halogens is 1. The lowest BCUT2D eigenvalue weighted by Gasteiger charge is -2.36. The average Bonchev–Trinajstić information content (AvgIpc) is 3.33. The Hall–Kier alpha value is -4.04. The molecule has 216 valence electrons. The van der Waals surface area contributed by atoms with Crippen LogP contribution >= 0.6 is 11.6 Å². The number of piperazine rings is 1. The Morgan fingerprint density at radius 3 is 2.56 bits per heavy atom. The van der Waals surface area contributed by atoms with Crippen LogP contribution in [0.15, 0.2) is 83.4 Å². The van der Waals surface area contributed by atoms with Crippen LogP contribution in [0.2, 0.25) is 5.02 Å². The Bertz CT molecular complexity index is 1400. The fourth-order valence-electron chi connectivity index (χ4n) is 5.11. The number of benzene rings is 2. The van der Waals surface area contributed by atoms with Gasteiger partial charge in [-0.15, -0.1) is 0 Å². The van der Waals surface area contributed by atoms with Crippen molar-refractivity contribution in [1.82, 2.24) is 15.1 Å². The molecule has 2 aromatic carbocycles. The van der Waals surface area contributed by atoms with Crippen molar-refractivity contribution in [2.24, 2.45) is 4.99 Å². The predicted octanol–water partition coefficient (Wildman–Crippen LogP) is 5.94. The highest BCUT2D eigenvalue weighted by atomic mass is 35.5. The number of urea groups is 1. The first-order valence-corrected chi connectivity index (χ1v) is 14.0. The van der Waals surface area contributed by atoms with Crippen LogP contribution in [0.5, 0.6) is 11.5 Å². The van der Waals surface area contributed by atoms with E-state index >= 15 is 0 Å². The monoisotopic (exact) mass is 576 g/mol. The summed E-state index contributed by atoms with van der Waals surface area (Å²) >= 11 is 6.24. The second kappa shape index (κ2) is 13.1. The van der Waals surface area contributed by atoms with E-state index in [-0.39, 0.29) is 24.6 Å². The van der Waals surface area contributed by atoms with Crippen molar-refractivity contribution in [2.45, 2.75) is 45.9 Å². The summed E-state index contributed by atoms with van der Waals surface area (Å²) in [4.78, 5) is 35.2. The molecule has 2 aromatic rings. The molecule has 0 spiro atoms. The highest BCUT2D eigenvalue weighted by molar-refractivity contribution is 6.30. The Morgan fingerprint density at radius 2 is 1.93 bits per heavy atom. The Morgan fingerprint density at radius 1 is 1.20 bits per heavy atom. The lowest BCUT2D eigenvalue weighted by Crippen LogP contribution is -2.56. The highest BCUT2D eigenvalue weighted by Gasteiger charge is 2.45. The van der Waals surface area contributed by atoms with E-state index in [2.05, 4.69) is 11.9 Å². The smallest absolute Gasteiger partial charge is 0.326 e. The summed E-state index contributed by atoms with van der Waals surface area (Å²) in [6.07, 6.45) is 5.55. The van der Waals surface area contributed by atoms with Crippen molar-refractivity contribution in [2.75, 3.05) is 26.7 Å². The first-order valence-electron chi connectivity index (χ1n) is 13.6. The molecule has 3 amide bonds. The molecule has 1 N–H and O–H groups in total. The molecule has 1 saturated heterocycles. The molecule has 8 nitrogen and oxygen atoms in total. The Labute approximate surface area is 247 Å². The molecular weight excluding hydrogens is 540 g/mol. The van der Waals surface area contributed by atoms with E-state index in [0.717, 1.165) is 16.7 Å². The first-order chi connectivity index (χ1) is 19.6. The number of nitrogens with zero attached hydrogens (tertiary/aromatic N) is 3. The number of ether oxygens (including phenoxy) is 2. The van der Waals surface area contributed by atoms with Crippen molar-refractivity contribution in [3.05, 3.63) is 94.6 Å². The third-order valence-corrected chi connectivity index (χ3v) is 7.14. The molecule has 0 aliphatic carbocycles. The summed E-state index contributed by atoms with van der Waals surface area (Å²) in [5.74, 6) is 1.44. The standard InChI is InChI=1S/C32H37ClN4O4/c1-7-8-21(4)17-22(5)30-29(23-9-11-24(33)12-10-23)35-31(37(30)32(39)36-16-15-34-28(38)19-36)26-14-13-25(40-6)18-27(26)41-20(2)3/h7-14,17-18,20,29-30H,1,15-16,19H2,2-6H3,(H,34,38)/b21-8-,22-17+/t29-,30+/m0/s1. The van der Waals surface area contributed by atoms with Crippen LogP contribution in [-0.4, -0.2) is 66.5 Å². The summed E-state index contributed by atoms with van der Waals surface area (Å²) < 4.78 is 11.7. The zero-order valence-corrected chi connectivity index (χ0v) is 24.9. The number of carbonyl (C=O) groups excluding carboxylic acids is 2. The van der Waals surface area contributed by atoms with Gasteiger partial charge in [0.1, 0.15) is 29.9 Å². The summed E-state index contributed by atoms with van der Waals surface area (Å²) in [6, 6.07) is 11.8. The van der Waals surface area contributed by atoms with Gasteiger partial charge in [0.2, 0.25) is 5.91 Å². The van der Waals surface area contributed by atoms with Crippen LogP contribution in [0.3, 0.4) is 0 Å². The van der Waals surface area contributed by atoms with Gasteiger partial charge in [0.15, 0.2) is 0 Å². The van der Waals surface area contributed by atoms with Gasteiger partial charge in [-0.05, 0) is 63.1 Å². The Kier molecular flexibility index (Phi) is 9.55. The minimum atomic E-state index is -0.481. The number of hydrogen-bond donors (Lipinski definition) is 1.